The summed E-state index contributed by atoms with van der Waals surface area (Å²) in [5.74, 6) is 1.07. The van der Waals surface area contributed by atoms with Gasteiger partial charge in [-0.2, -0.15) is 8.78 Å². The maximum Gasteiger partial charge on any atom is 0.387 e. The van der Waals surface area contributed by atoms with E-state index in [4.69, 9.17) is 9.47 Å². The fourth-order valence-electron chi connectivity index (χ4n) is 1.20. The Morgan fingerprint density at radius 3 is 2.57 bits per heavy atom. The third kappa shape index (κ3) is 1.86. The molecule has 76 valence electrons. The van der Waals surface area contributed by atoms with Crippen LogP contribution in [0.4, 0.5) is 8.78 Å². The van der Waals surface area contributed by atoms with Crippen LogP contribution in [0.25, 0.3) is 0 Å². The molecule has 5 heteroatoms. The van der Waals surface area contributed by atoms with E-state index in [1.807, 2.05) is 0 Å². The molecule has 0 aromatic heterocycles. The Bertz CT molecular complexity index is 328. The molecule has 1 aliphatic rings. The zero-order chi connectivity index (χ0) is 9.97. The predicted molar refractivity (Wildman–Crippen MR) is 44.1 cm³/mol. The SMILES string of the molecule is FC(F)Oc1ccc2c(c1)OCCO2. The lowest BCUT2D eigenvalue weighted by Gasteiger charge is -2.18. The Labute approximate surface area is 79.2 Å². The highest BCUT2D eigenvalue weighted by atomic mass is 19.3. The molecule has 1 heterocycles. The van der Waals surface area contributed by atoms with Crippen molar-refractivity contribution >= 4 is 0 Å². The van der Waals surface area contributed by atoms with Crippen molar-refractivity contribution in [2.24, 2.45) is 0 Å². The number of benzene rings is 1. The van der Waals surface area contributed by atoms with E-state index in [1.165, 1.54) is 12.1 Å². The number of ether oxygens (including phenoxy) is 3. The highest BCUT2D eigenvalue weighted by Crippen LogP contribution is 2.33. The zero-order valence-corrected chi connectivity index (χ0v) is 7.20. The molecule has 14 heavy (non-hydrogen) atoms. The second-order valence-electron chi connectivity index (χ2n) is 2.68. The summed E-state index contributed by atoms with van der Waals surface area (Å²) in [4.78, 5) is 0. The van der Waals surface area contributed by atoms with Gasteiger partial charge >= 0.3 is 6.61 Å². The average molecular weight is 202 g/mol. The van der Waals surface area contributed by atoms with Crippen LogP contribution in [0.5, 0.6) is 17.2 Å². The van der Waals surface area contributed by atoms with Gasteiger partial charge in [-0.3, -0.25) is 0 Å². The molecule has 0 unspecified atom stereocenters. The zero-order valence-electron chi connectivity index (χ0n) is 7.20. The van der Waals surface area contributed by atoms with Crippen LogP contribution in [-0.4, -0.2) is 19.8 Å². The van der Waals surface area contributed by atoms with Crippen LogP contribution >= 0.6 is 0 Å². The third-order valence-corrected chi connectivity index (χ3v) is 1.74. The van der Waals surface area contributed by atoms with Gasteiger partial charge in [-0.05, 0) is 12.1 Å². The first-order valence-electron chi connectivity index (χ1n) is 4.10. The molecule has 0 saturated heterocycles. The Kier molecular flexibility index (Phi) is 2.39. The standard InChI is InChI=1S/C9H8F2O3/c10-9(11)14-6-1-2-7-8(5-6)13-4-3-12-7/h1-2,5,9H,3-4H2. The van der Waals surface area contributed by atoms with Crippen LogP contribution in [0.2, 0.25) is 0 Å². The van der Waals surface area contributed by atoms with Crippen LogP contribution in [0, 0.1) is 0 Å². The number of fused-ring (bicyclic) bond motifs is 1. The Morgan fingerprint density at radius 2 is 1.86 bits per heavy atom. The Hall–Kier alpha value is -1.52. The molecule has 0 bridgehead atoms. The van der Waals surface area contributed by atoms with Crippen LogP contribution in [0.15, 0.2) is 18.2 Å². The quantitative estimate of drug-likeness (QED) is 0.734. The highest BCUT2D eigenvalue weighted by Gasteiger charge is 2.13. The lowest BCUT2D eigenvalue weighted by molar-refractivity contribution is -0.0500. The smallest absolute Gasteiger partial charge is 0.387 e. The minimum Gasteiger partial charge on any atom is -0.486 e. The van der Waals surface area contributed by atoms with Crippen molar-refractivity contribution in [2.75, 3.05) is 13.2 Å². The summed E-state index contributed by atoms with van der Waals surface area (Å²) in [5, 5.41) is 0. The van der Waals surface area contributed by atoms with Gasteiger partial charge in [0.05, 0.1) is 0 Å². The summed E-state index contributed by atoms with van der Waals surface area (Å²) in [7, 11) is 0. The van der Waals surface area contributed by atoms with Gasteiger partial charge in [0.15, 0.2) is 11.5 Å². The summed E-state index contributed by atoms with van der Waals surface area (Å²) >= 11 is 0. The number of halogens is 2. The van der Waals surface area contributed by atoms with Crippen molar-refractivity contribution < 1.29 is 23.0 Å². The fourth-order valence-corrected chi connectivity index (χ4v) is 1.20. The minimum atomic E-state index is -2.82. The minimum absolute atomic E-state index is 0.0734. The molecule has 0 aliphatic carbocycles. The van der Waals surface area contributed by atoms with Gasteiger partial charge in [0.25, 0.3) is 0 Å². The lowest BCUT2D eigenvalue weighted by Crippen LogP contribution is -2.15. The normalized spacial score (nSPS) is 14.2. The average Bonchev–Trinajstić information content (AvgIpc) is 2.17. The number of rotatable bonds is 2. The van der Waals surface area contributed by atoms with Gasteiger partial charge in [0, 0.05) is 6.07 Å². The molecule has 2 rings (SSSR count). The van der Waals surface area contributed by atoms with Crippen molar-refractivity contribution in [1.29, 1.82) is 0 Å². The molecule has 1 aromatic carbocycles. The predicted octanol–water partition coefficient (Wildman–Crippen LogP) is 2.06. The summed E-state index contributed by atoms with van der Waals surface area (Å²) < 4.78 is 38.3. The van der Waals surface area contributed by atoms with Crippen LogP contribution in [-0.2, 0) is 0 Å². The second-order valence-corrected chi connectivity index (χ2v) is 2.68. The number of hydrogen-bond donors (Lipinski definition) is 0. The van der Waals surface area contributed by atoms with Gasteiger partial charge in [0.1, 0.15) is 19.0 Å². The fraction of sp³-hybridized carbons (Fsp3) is 0.333. The number of hydrogen-bond acceptors (Lipinski definition) is 3. The molecule has 1 aromatic rings. The van der Waals surface area contributed by atoms with Crippen molar-refractivity contribution in [3.8, 4) is 17.2 Å². The van der Waals surface area contributed by atoms with E-state index in [0.717, 1.165) is 0 Å². The molecule has 0 atom stereocenters. The summed E-state index contributed by atoms with van der Waals surface area (Å²) in [6.45, 7) is -1.93. The van der Waals surface area contributed by atoms with Crippen LogP contribution in [0.1, 0.15) is 0 Å². The monoisotopic (exact) mass is 202 g/mol. The molecule has 1 aliphatic heterocycles. The maximum absolute atomic E-state index is 11.9. The first-order chi connectivity index (χ1) is 6.75. The molecular formula is C9H8F2O3. The van der Waals surface area contributed by atoms with Crippen LogP contribution < -0.4 is 14.2 Å². The van der Waals surface area contributed by atoms with Crippen molar-refractivity contribution in [3.05, 3.63) is 18.2 Å². The van der Waals surface area contributed by atoms with Crippen molar-refractivity contribution in [1.82, 2.24) is 0 Å². The third-order valence-electron chi connectivity index (χ3n) is 1.74. The maximum atomic E-state index is 11.9. The summed E-state index contributed by atoms with van der Waals surface area (Å²) in [5.41, 5.74) is 0. The molecule has 0 spiro atoms. The molecule has 0 amide bonds. The summed E-state index contributed by atoms with van der Waals surface area (Å²) in [6.07, 6.45) is 0. The van der Waals surface area contributed by atoms with E-state index in [2.05, 4.69) is 4.74 Å². The van der Waals surface area contributed by atoms with Gasteiger partial charge < -0.3 is 14.2 Å². The summed E-state index contributed by atoms with van der Waals surface area (Å²) in [6, 6.07) is 4.35. The Balaban J connectivity index is 2.20. The van der Waals surface area contributed by atoms with E-state index in [1.54, 1.807) is 6.07 Å². The van der Waals surface area contributed by atoms with Gasteiger partial charge in [0.2, 0.25) is 0 Å². The molecule has 0 radical (unpaired) electrons. The first-order valence-corrected chi connectivity index (χ1v) is 4.10. The lowest BCUT2D eigenvalue weighted by atomic mass is 10.3. The van der Waals surface area contributed by atoms with Crippen LogP contribution in [0.3, 0.4) is 0 Å². The molecule has 3 nitrogen and oxygen atoms in total. The molecule has 0 N–H and O–H groups in total. The van der Waals surface area contributed by atoms with E-state index in [-0.39, 0.29) is 5.75 Å². The topological polar surface area (TPSA) is 27.7 Å². The van der Waals surface area contributed by atoms with Gasteiger partial charge in [-0.1, -0.05) is 0 Å². The van der Waals surface area contributed by atoms with E-state index < -0.39 is 6.61 Å². The Morgan fingerprint density at radius 1 is 1.14 bits per heavy atom. The van der Waals surface area contributed by atoms with Crippen molar-refractivity contribution in [2.45, 2.75) is 6.61 Å². The van der Waals surface area contributed by atoms with E-state index in [0.29, 0.717) is 24.7 Å². The van der Waals surface area contributed by atoms with Crippen molar-refractivity contribution in [3.63, 3.8) is 0 Å². The highest BCUT2D eigenvalue weighted by molar-refractivity contribution is 5.46. The molecular weight excluding hydrogens is 194 g/mol. The molecule has 0 saturated carbocycles. The first kappa shape index (κ1) is 9.05. The van der Waals surface area contributed by atoms with E-state index >= 15 is 0 Å². The second kappa shape index (κ2) is 3.69. The largest absolute Gasteiger partial charge is 0.486 e. The number of alkyl halides is 2. The molecule has 0 fully saturated rings. The van der Waals surface area contributed by atoms with Gasteiger partial charge in [-0.25, -0.2) is 0 Å². The van der Waals surface area contributed by atoms with E-state index in [9.17, 15) is 8.78 Å². The van der Waals surface area contributed by atoms with Gasteiger partial charge in [-0.15, -0.1) is 0 Å².